The van der Waals surface area contributed by atoms with E-state index < -0.39 is 15.4 Å². The minimum Gasteiger partial charge on any atom is -0.748 e. The van der Waals surface area contributed by atoms with Crippen LogP contribution in [0.2, 0.25) is 0 Å². The largest absolute Gasteiger partial charge is 1.00 e. The summed E-state index contributed by atoms with van der Waals surface area (Å²) in [5.74, 6) is 0. The van der Waals surface area contributed by atoms with Gasteiger partial charge in [0.2, 0.25) is 0 Å². The molecule has 0 saturated carbocycles. The smallest absolute Gasteiger partial charge is 0.748 e. The first kappa shape index (κ1) is 33.0. The van der Waals surface area contributed by atoms with Crippen molar-refractivity contribution in [3.8, 4) is 0 Å². The molecule has 0 spiro atoms. The molecule has 1 N–H and O–H groups in total. The molecule has 0 aliphatic rings. The number of aliphatic hydroxyl groups excluding tert-OH is 1. The standard InChI is InChI=1S/C24H50O4S.Na/c1-3-5-7-8-9-10-11-12-13-16-19-23(25)20-17-14-18-22-24(29(26,27)28)21-15-6-4-2;/h23-25H,3-22H2,1-2H3,(H,26,27,28);/q;+1/p-1. The Labute approximate surface area is 210 Å². The third-order valence-corrected chi connectivity index (χ3v) is 7.28. The Hall–Kier alpha value is 0.870. The van der Waals surface area contributed by atoms with Crippen LogP contribution in [0.4, 0.5) is 0 Å². The van der Waals surface area contributed by atoms with E-state index >= 15 is 0 Å². The molecule has 30 heavy (non-hydrogen) atoms. The van der Waals surface area contributed by atoms with Crippen LogP contribution in [-0.2, 0) is 10.1 Å². The van der Waals surface area contributed by atoms with Crippen molar-refractivity contribution >= 4 is 10.1 Å². The Morgan fingerprint density at radius 1 is 0.600 bits per heavy atom. The van der Waals surface area contributed by atoms with Gasteiger partial charge < -0.3 is 9.66 Å². The average Bonchev–Trinajstić information content (AvgIpc) is 2.67. The second kappa shape index (κ2) is 23.0. The molecule has 6 heteroatoms. The summed E-state index contributed by atoms with van der Waals surface area (Å²) in [4.78, 5) is 0. The van der Waals surface area contributed by atoms with E-state index in [-0.39, 0.29) is 35.7 Å². The van der Waals surface area contributed by atoms with Crippen LogP contribution in [0.25, 0.3) is 0 Å². The summed E-state index contributed by atoms with van der Waals surface area (Å²) in [5, 5.41) is 9.39. The zero-order valence-electron chi connectivity index (χ0n) is 20.4. The molecule has 4 nitrogen and oxygen atoms in total. The summed E-state index contributed by atoms with van der Waals surface area (Å²) in [6.45, 7) is 4.32. The predicted octanol–water partition coefficient (Wildman–Crippen LogP) is 4.11. The van der Waals surface area contributed by atoms with Crippen molar-refractivity contribution in [2.24, 2.45) is 0 Å². The molecule has 2 unspecified atom stereocenters. The van der Waals surface area contributed by atoms with E-state index in [4.69, 9.17) is 0 Å². The Morgan fingerprint density at radius 2 is 0.900 bits per heavy atom. The molecule has 176 valence electrons. The third-order valence-electron chi connectivity index (χ3n) is 5.99. The topological polar surface area (TPSA) is 77.4 Å². The van der Waals surface area contributed by atoms with Gasteiger partial charge in [-0.1, -0.05) is 117 Å². The van der Waals surface area contributed by atoms with Crippen molar-refractivity contribution in [3.63, 3.8) is 0 Å². The van der Waals surface area contributed by atoms with E-state index in [1.165, 1.54) is 57.8 Å². The van der Waals surface area contributed by atoms with Crippen LogP contribution in [0.15, 0.2) is 0 Å². The molecule has 0 aromatic heterocycles. The van der Waals surface area contributed by atoms with E-state index in [1.54, 1.807) is 0 Å². The van der Waals surface area contributed by atoms with Gasteiger partial charge in [-0.05, 0) is 25.7 Å². The molecule has 0 bridgehead atoms. The van der Waals surface area contributed by atoms with Crippen LogP contribution in [0.3, 0.4) is 0 Å². The van der Waals surface area contributed by atoms with Crippen LogP contribution in [0, 0.1) is 0 Å². The Kier molecular flexibility index (Phi) is 25.4. The van der Waals surface area contributed by atoms with E-state index in [0.29, 0.717) is 12.8 Å². The van der Waals surface area contributed by atoms with Gasteiger partial charge >= 0.3 is 29.6 Å². The number of aliphatic hydroxyl groups is 1. The quantitative estimate of drug-likeness (QED) is 0.151. The van der Waals surface area contributed by atoms with Gasteiger partial charge in [-0.15, -0.1) is 0 Å². The summed E-state index contributed by atoms with van der Waals surface area (Å²) >= 11 is 0. The Morgan fingerprint density at radius 3 is 1.33 bits per heavy atom. The molecule has 0 heterocycles. The van der Waals surface area contributed by atoms with Crippen molar-refractivity contribution in [3.05, 3.63) is 0 Å². The molecular formula is C24H49NaO4S. The van der Waals surface area contributed by atoms with E-state index in [0.717, 1.165) is 57.8 Å². The summed E-state index contributed by atoms with van der Waals surface area (Å²) in [7, 11) is -4.18. The van der Waals surface area contributed by atoms with Crippen LogP contribution in [0.5, 0.6) is 0 Å². The second-order valence-electron chi connectivity index (χ2n) is 8.87. The van der Waals surface area contributed by atoms with Gasteiger partial charge in [-0.25, -0.2) is 8.42 Å². The molecule has 0 radical (unpaired) electrons. The zero-order chi connectivity index (χ0) is 21.8. The number of hydrogen-bond donors (Lipinski definition) is 1. The first-order valence-corrected chi connectivity index (χ1v) is 14.0. The fourth-order valence-electron chi connectivity index (χ4n) is 4.00. The van der Waals surface area contributed by atoms with E-state index in [1.807, 2.05) is 0 Å². The van der Waals surface area contributed by atoms with Gasteiger partial charge in [-0.3, -0.25) is 0 Å². The van der Waals surface area contributed by atoms with Crippen LogP contribution < -0.4 is 29.6 Å². The van der Waals surface area contributed by atoms with E-state index in [9.17, 15) is 18.1 Å². The minimum absolute atomic E-state index is 0. The fourth-order valence-corrected chi connectivity index (χ4v) is 4.91. The predicted molar refractivity (Wildman–Crippen MR) is 123 cm³/mol. The molecule has 0 aliphatic heterocycles. The maximum absolute atomic E-state index is 11.4. The first-order valence-electron chi connectivity index (χ1n) is 12.5. The fraction of sp³-hybridized carbons (Fsp3) is 1.00. The van der Waals surface area contributed by atoms with Crippen LogP contribution >= 0.6 is 0 Å². The zero-order valence-corrected chi connectivity index (χ0v) is 23.2. The number of unbranched alkanes of at least 4 members (excludes halogenated alkanes) is 13. The van der Waals surface area contributed by atoms with Crippen molar-refractivity contribution in [2.45, 2.75) is 154 Å². The van der Waals surface area contributed by atoms with Gasteiger partial charge in [0.05, 0.1) is 16.2 Å². The molecule has 0 rings (SSSR count). The van der Waals surface area contributed by atoms with Gasteiger partial charge in [0.1, 0.15) is 0 Å². The summed E-state index contributed by atoms with van der Waals surface area (Å²) < 4.78 is 34.1. The normalized spacial score (nSPS) is 13.7. The molecule has 0 aromatic carbocycles. The maximum Gasteiger partial charge on any atom is 1.00 e. The first-order chi connectivity index (χ1) is 13.9. The average molecular weight is 457 g/mol. The van der Waals surface area contributed by atoms with Crippen LogP contribution in [-0.4, -0.2) is 29.4 Å². The SMILES string of the molecule is CCCCCCCCCCCCC(O)CCCCCC(CCCCC)S(=O)(=O)[O-].[Na+]. The maximum atomic E-state index is 11.4. The van der Waals surface area contributed by atoms with Gasteiger partial charge in [0.25, 0.3) is 0 Å². The number of hydrogen-bond acceptors (Lipinski definition) is 4. The second-order valence-corrected chi connectivity index (χ2v) is 10.5. The molecule has 0 aromatic rings. The summed E-state index contributed by atoms with van der Waals surface area (Å²) in [5.41, 5.74) is 0. The summed E-state index contributed by atoms with van der Waals surface area (Å²) in [6, 6.07) is 0. The van der Waals surface area contributed by atoms with Crippen molar-refractivity contribution in [1.82, 2.24) is 0 Å². The molecule has 0 aliphatic carbocycles. The Bertz CT molecular complexity index is 442. The summed E-state index contributed by atoms with van der Waals surface area (Å²) in [6.07, 6.45) is 20.9. The molecular weight excluding hydrogens is 407 g/mol. The van der Waals surface area contributed by atoms with Crippen molar-refractivity contribution in [1.29, 1.82) is 0 Å². The minimum atomic E-state index is -4.18. The molecule has 0 saturated heterocycles. The van der Waals surface area contributed by atoms with Gasteiger partial charge in [-0.2, -0.15) is 0 Å². The van der Waals surface area contributed by atoms with E-state index in [2.05, 4.69) is 13.8 Å². The monoisotopic (exact) mass is 456 g/mol. The molecule has 0 amide bonds. The van der Waals surface area contributed by atoms with Gasteiger partial charge in [0.15, 0.2) is 0 Å². The van der Waals surface area contributed by atoms with Crippen molar-refractivity contribution in [2.75, 3.05) is 0 Å². The van der Waals surface area contributed by atoms with Crippen LogP contribution in [0.1, 0.15) is 142 Å². The Balaban J connectivity index is 0. The third kappa shape index (κ3) is 22.1. The van der Waals surface area contributed by atoms with Gasteiger partial charge in [0, 0.05) is 5.25 Å². The van der Waals surface area contributed by atoms with Crippen molar-refractivity contribution < 1.29 is 47.6 Å². The molecule has 2 atom stereocenters. The number of rotatable bonds is 22. The molecule has 0 fully saturated rings.